The lowest BCUT2D eigenvalue weighted by Crippen LogP contribution is -1.91. The average molecular weight is 137 g/mol. The zero-order chi connectivity index (χ0) is 7.56. The molecule has 1 aromatic rings. The molecule has 0 bridgehead atoms. The number of hydrogen-bond donors (Lipinski definition) is 0. The first-order chi connectivity index (χ1) is 4.72. The number of hydrogen-bond acceptors (Lipinski definition) is 2. The van der Waals surface area contributed by atoms with Gasteiger partial charge in [-0.3, -0.25) is 0 Å². The molecule has 0 radical (unpaired) electrons. The molecule has 0 N–H and O–H groups in total. The predicted molar refractivity (Wildman–Crippen MR) is 37.2 cm³/mol. The summed E-state index contributed by atoms with van der Waals surface area (Å²) in [5, 5.41) is 10.8. The maximum atomic E-state index is 10.8. The highest BCUT2D eigenvalue weighted by Crippen LogP contribution is 2.18. The molecule has 10 heavy (non-hydrogen) atoms. The molecule has 0 spiro atoms. The summed E-state index contributed by atoms with van der Waals surface area (Å²) in [4.78, 5) is 0. The van der Waals surface area contributed by atoms with E-state index in [9.17, 15) is 5.11 Å². The van der Waals surface area contributed by atoms with Crippen LogP contribution in [0.5, 0.6) is 11.5 Å². The summed E-state index contributed by atoms with van der Waals surface area (Å²) in [6.45, 7) is 1.86. The van der Waals surface area contributed by atoms with Crippen molar-refractivity contribution in [3.63, 3.8) is 0 Å². The monoisotopic (exact) mass is 137 g/mol. The predicted octanol–water partition coefficient (Wildman–Crippen LogP) is 1.08. The van der Waals surface area contributed by atoms with Crippen LogP contribution in [0, 0.1) is 6.92 Å². The molecule has 2 nitrogen and oxygen atoms in total. The molecule has 0 saturated carbocycles. The Morgan fingerprint density at radius 2 is 2.00 bits per heavy atom. The lowest BCUT2D eigenvalue weighted by Gasteiger charge is -2.08. The van der Waals surface area contributed by atoms with Gasteiger partial charge in [0.25, 0.3) is 0 Å². The summed E-state index contributed by atoms with van der Waals surface area (Å²) in [7, 11) is 1.55. The highest BCUT2D eigenvalue weighted by Gasteiger charge is 1.89. The van der Waals surface area contributed by atoms with E-state index >= 15 is 0 Å². The van der Waals surface area contributed by atoms with Crippen LogP contribution in [0.3, 0.4) is 0 Å². The van der Waals surface area contributed by atoms with Gasteiger partial charge in [-0.25, -0.2) is 0 Å². The summed E-state index contributed by atoms with van der Waals surface area (Å²) in [5.41, 5.74) is 0.935. The number of aryl methyl sites for hydroxylation is 1. The summed E-state index contributed by atoms with van der Waals surface area (Å²) in [6, 6.07) is 4.86. The first kappa shape index (κ1) is 6.93. The summed E-state index contributed by atoms with van der Waals surface area (Å²) < 4.78 is 4.88. The highest BCUT2D eigenvalue weighted by molar-refractivity contribution is 5.35. The van der Waals surface area contributed by atoms with E-state index in [-0.39, 0.29) is 5.75 Å². The standard InChI is InChI=1S/C8H10O2/c1-6-3-7(9)5-8(4-6)10-2/h3-5,9H,1-2H3/p-1. The van der Waals surface area contributed by atoms with Gasteiger partial charge in [0.15, 0.2) is 0 Å². The topological polar surface area (TPSA) is 32.3 Å². The van der Waals surface area contributed by atoms with Gasteiger partial charge in [-0.1, -0.05) is 6.07 Å². The van der Waals surface area contributed by atoms with E-state index in [2.05, 4.69) is 0 Å². The molecule has 1 aromatic carbocycles. The largest absolute Gasteiger partial charge is 0.872 e. The van der Waals surface area contributed by atoms with Crippen LogP contribution >= 0.6 is 0 Å². The molecule has 0 unspecified atom stereocenters. The van der Waals surface area contributed by atoms with Gasteiger partial charge >= 0.3 is 0 Å². The molecule has 0 aliphatic rings. The van der Waals surface area contributed by atoms with Crippen LogP contribution in [-0.4, -0.2) is 7.11 Å². The van der Waals surface area contributed by atoms with Gasteiger partial charge in [-0.2, -0.15) is 0 Å². The quantitative estimate of drug-likeness (QED) is 0.580. The van der Waals surface area contributed by atoms with Crippen molar-refractivity contribution in [2.75, 3.05) is 7.11 Å². The van der Waals surface area contributed by atoms with Crippen LogP contribution < -0.4 is 9.84 Å². The Kier molecular flexibility index (Phi) is 1.81. The number of rotatable bonds is 1. The molecule has 0 aliphatic heterocycles. The van der Waals surface area contributed by atoms with Crippen LogP contribution in [0.4, 0.5) is 0 Å². The van der Waals surface area contributed by atoms with Gasteiger partial charge in [0, 0.05) is 0 Å². The molecule has 0 amide bonds. The molecular formula is C8H9O2-. The maximum Gasteiger partial charge on any atom is 0.118 e. The van der Waals surface area contributed by atoms with Crippen molar-refractivity contribution in [3.05, 3.63) is 23.8 Å². The van der Waals surface area contributed by atoms with E-state index in [1.165, 1.54) is 6.07 Å². The van der Waals surface area contributed by atoms with Crippen molar-refractivity contribution < 1.29 is 9.84 Å². The van der Waals surface area contributed by atoms with Gasteiger partial charge in [0.05, 0.1) is 7.11 Å². The Morgan fingerprint density at radius 1 is 1.30 bits per heavy atom. The average Bonchev–Trinajstić information content (AvgIpc) is 1.85. The van der Waals surface area contributed by atoms with Crippen LogP contribution in [0.2, 0.25) is 0 Å². The van der Waals surface area contributed by atoms with E-state index in [0.29, 0.717) is 5.75 Å². The summed E-state index contributed by atoms with van der Waals surface area (Å²) >= 11 is 0. The molecule has 0 atom stereocenters. The lowest BCUT2D eigenvalue weighted by molar-refractivity contribution is -0.268. The van der Waals surface area contributed by atoms with Crippen LogP contribution in [-0.2, 0) is 0 Å². The second-order valence-electron chi connectivity index (χ2n) is 2.19. The maximum absolute atomic E-state index is 10.8. The molecule has 0 heterocycles. The van der Waals surface area contributed by atoms with Crippen molar-refractivity contribution >= 4 is 0 Å². The Labute approximate surface area is 60.1 Å². The minimum atomic E-state index is -0.00292. The highest BCUT2D eigenvalue weighted by atomic mass is 16.5. The number of methoxy groups -OCH3 is 1. The zero-order valence-corrected chi connectivity index (χ0v) is 6.05. The van der Waals surface area contributed by atoms with Gasteiger partial charge in [0.1, 0.15) is 5.75 Å². The smallest absolute Gasteiger partial charge is 0.118 e. The van der Waals surface area contributed by atoms with Gasteiger partial charge in [-0.05, 0) is 24.6 Å². The Morgan fingerprint density at radius 3 is 2.50 bits per heavy atom. The molecular weight excluding hydrogens is 128 g/mol. The van der Waals surface area contributed by atoms with Crippen molar-refractivity contribution in [2.45, 2.75) is 6.92 Å². The lowest BCUT2D eigenvalue weighted by atomic mass is 10.2. The minimum absolute atomic E-state index is 0.00292. The fourth-order valence-electron chi connectivity index (χ4n) is 0.832. The number of ether oxygens (including phenoxy) is 1. The Balaban J connectivity index is 3.06. The molecule has 0 aromatic heterocycles. The Bertz CT molecular complexity index is 210. The third-order valence-electron chi connectivity index (χ3n) is 1.26. The SMILES string of the molecule is COc1cc(C)cc([O-])c1. The van der Waals surface area contributed by atoms with E-state index < -0.39 is 0 Å². The second-order valence-corrected chi connectivity index (χ2v) is 2.19. The molecule has 0 fully saturated rings. The normalized spacial score (nSPS) is 9.40. The first-order valence-electron chi connectivity index (χ1n) is 3.05. The molecule has 0 saturated heterocycles. The van der Waals surface area contributed by atoms with Crippen LogP contribution in [0.15, 0.2) is 18.2 Å². The van der Waals surface area contributed by atoms with Crippen molar-refractivity contribution in [2.24, 2.45) is 0 Å². The fraction of sp³-hybridized carbons (Fsp3) is 0.250. The zero-order valence-electron chi connectivity index (χ0n) is 6.05. The van der Waals surface area contributed by atoms with Gasteiger partial charge in [0.2, 0.25) is 0 Å². The van der Waals surface area contributed by atoms with Gasteiger partial charge < -0.3 is 9.84 Å². The molecule has 2 heteroatoms. The van der Waals surface area contributed by atoms with Crippen molar-refractivity contribution in [1.82, 2.24) is 0 Å². The fourth-order valence-corrected chi connectivity index (χ4v) is 0.832. The van der Waals surface area contributed by atoms with Crippen LogP contribution in [0.1, 0.15) is 5.56 Å². The molecule has 54 valence electrons. The van der Waals surface area contributed by atoms with Crippen molar-refractivity contribution in [3.8, 4) is 11.5 Å². The first-order valence-corrected chi connectivity index (χ1v) is 3.05. The van der Waals surface area contributed by atoms with Crippen molar-refractivity contribution in [1.29, 1.82) is 0 Å². The van der Waals surface area contributed by atoms with E-state index in [1.807, 2.05) is 13.0 Å². The van der Waals surface area contributed by atoms with E-state index in [4.69, 9.17) is 4.74 Å². The third kappa shape index (κ3) is 1.41. The Hall–Kier alpha value is -1.18. The van der Waals surface area contributed by atoms with E-state index in [0.717, 1.165) is 5.56 Å². The minimum Gasteiger partial charge on any atom is -0.872 e. The van der Waals surface area contributed by atoms with Gasteiger partial charge in [-0.15, -0.1) is 5.75 Å². The summed E-state index contributed by atoms with van der Waals surface area (Å²) in [5.74, 6) is 0.627. The summed E-state index contributed by atoms with van der Waals surface area (Å²) in [6.07, 6.45) is 0. The molecule has 1 rings (SSSR count). The number of benzene rings is 1. The second kappa shape index (κ2) is 2.60. The van der Waals surface area contributed by atoms with E-state index in [1.54, 1.807) is 13.2 Å². The van der Waals surface area contributed by atoms with Crippen LogP contribution in [0.25, 0.3) is 0 Å². The third-order valence-corrected chi connectivity index (χ3v) is 1.26. The molecule has 0 aliphatic carbocycles.